The zero-order valence-electron chi connectivity index (χ0n) is 9.85. The van der Waals surface area contributed by atoms with Crippen molar-refractivity contribution in [1.29, 1.82) is 0 Å². The lowest BCUT2D eigenvalue weighted by molar-refractivity contribution is 0.104. The summed E-state index contributed by atoms with van der Waals surface area (Å²) in [6.07, 6.45) is 4.11. The number of hydrogen-bond donors (Lipinski definition) is 0. The average molecular weight is 326 g/mol. The molecular formula is C13H12BrNO2S. The van der Waals surface area contributed by atoms with Gasteiger partial charge < -0.3 is 4.74 Å². The minimum Gasteiger partial charge on any atom is -0.492 e. The molecule has 0 aromatic carbocycles. The molecule has 0 N–H and O–H groups in total. The number of carbonyl (C=O) groups is 1. The van der Waals surface area contributed by atoms with Crippen LogP contribution < -0.4 is 4.74 Å². The van der Waals surface area contributed by atoms with E-state index in [1.165, 1.54) is 11.3 Å². The van der Waals surface area contributed by atoms with Crippen LogP contribution in [0.25, 0.3) is 0 Å². The summed E-state index contributed by atoms with van der Waals surface area (Å²) in [5.74, 6) is 0.599. The van der Waals surface area contributed by atoms with Crippen molar-refractivity contribution in [1.82, 2.24) is 4.98 Å². The average Bonchev–Trinajstić information content (AvgIpc) is 2.82. The molecule has 0 saturated heterocycles. The minimum absolute atomic E-state index is 0.0358. The quantitative estimate of drug-likeness (QED) is 0.782. The fourth-order valence-corrected chi connectivity index (χ4v) is 2.94. The topological polar surface area (TPSA) is 39.2 Å². The molecule has 0 aliphatic heterocycles. The molecule has 0 radical (unpaired) electrons. The highest BCUT2D eigenvalue weighted by Gasteiger charge is 2.15. The van der Waals surface area contributed by atoms with E-state index in [9.17, 15) is 4.79 Å². The van der Waals surface area contributed by atoms with Crippen molar-refractivity contribution in [3.63, 3.8) is 0 Å². The van der Waals surface area contributed by atoms with Gasteiger partial charge in [0.05, 0.1) is 17.7 Å². The largest absolute Gasteiger partial charge is 0.492 e. The first kappa shape index (κ1) is 13.2. The number of hydrogen-bond acceptors (Lipinski definition) is 4. The molecule has 0 unspecified atom stereocenters. The lowest BCUT2D eigenvalue weighted by atomic mass is 10.1. The lowest BCUT2D eigenvalue weighted by Gasteiger charge is -2.05. The van der Waals surface area contributed by atoms with Gasteiger partial charge in [-0.25, -0.2) is 0 Å². The van der Waals surface area contributed by atoms with Crippen molar-refractivity contribution in [3.8, 4) is 5.75 Å². The highest BCUT2D eigenvalue weighted by molar-refractivity contribution is 9.10. The molecular weight excluding hydrogens is 314 g/mol. The fourth-order valence-electron chi connectivity index (χ4n) is 1.43. The van der Waals surface area contributed by atoms with E-state index in [0.29, 0.717) is 22.8 Å². The van der Waals surface area contributed by atoms with E-state index in [4.69, 9.17) is 4.74 Å². The second-order valence-corrected chi connectivity index (χ2v) is 5.46. The third-order valence-corrected chi connectivity index (χ3v) is 4.11. The van der Waals surface area contributed by atoms with Gasteiger partial charge in [0.15, 0.2) is 0 Å². The summed E-state index contributed by atoms with van der Waals surface area (Å²) in [6.45, 7) is 2.66. The molecule has 94 valence electrons. The van der Waals surface area contributed by atoms with Gasteiger partial charge in [0, 0.05) is 16.2 Å². The first-order valence-electron chi connectivity index (χ1n) is 5.58. The third kappa shape index (κ3) is 2.97. The Hall–Kier alpha value is -1.20. The molecule has 0 aliphatic rings. The summed E-state index contributed by atoms with van der Waals surface area (Å²) in [4.78, 5) is 17.0. The van der Waals surface area contributed by atoms with Crippen LogP contribution in [0.4, 0.5) is 0 Å². The maximum Gasteiger partial charge on any atom is 0.205 e. The van der Waals surface area contributed by atoms with E-state index >= 15 is 0 Å². The van der Waals surface area contributed by atoms with Crippen molar-refractivity contribution in [2.45, 2.75) is 13.3 Å². The Balaban J connectivity index is 2.23. The maximum absolute atomic E-state index is 12.2. The molecule has 0 amide bonds. The Morgan fingerprint density at radius 3 is 3.00 bits per heavy atom. The molecule has 0 saturated carbocycles. The van der Waals surface area contributed by atoms with E-state index < -0.39 is 0 Å². The maximum atomic E-state index is 12.2. The second kappa shape index (κ2) is 6.11. The Bertz CT molecular complexity index is 553. The molecule has 2 aromatic heterocycles. The molecule has 2 aromatic rings. The number of carbonyl (C=O) groups excluding carboxylic acids is 1. The summed E-state index contributed by atoms with van der Waals surface area (Å²) in [6, 6.07) is 3.60. The smallest absolute Gasteiger partial charge is 0.205 e. The van der Waals surface area contributed by atoms with Gasteiger partial charge in [-0.3, -0.25) is 9.78 Å². The Morgan fingerprint density at radius 2 is 2.33 bits per heavy atom. The standard InChI is InChI=1S/C13H12BrNO2S/c1-2-4-17-10-6-9(7-15-8-10)12(16)13-11(14)3-5-18-13/h3,5-8H,2,4H2,1H3. The Kier molecular flexibility index (Phi) is 4.49. The van der Waals surface area contributed by atoms with Crippen LogP contribution in [0.3, 0.4) is 0 Å². The molecule has 0 spiro atoms. The van der Waals surface area contributed by atoms with Gasteiger partial charge in [0.1, 0.15) is 5.75 Å². The van der Waals surface area contributed by atoms with Gasteiger partial charge in [-0.1, -0.05) is 6.92 Å². The summed E-state index contributed by atoms with van der Waals surface area (Å²) in [5, 5.41) is 1.88. The van der Waals surface area contributed by atoms with Gasteiger partial charge in [0.25, 0.3) is 0 Å². The molecule has 0 bridgehead atoms. The monoisotopic (exact) mass is 325 g/mol. The SMILES string of the molecule is CCCOc1cncc(C(=O)c2sccc2Br)c1. The number of nitrogens with zero attached hydrogens (tertiary/aromatic N) is 1. The van der Waals surface area contributed by atoms with E-state index in [2.05, 4.69) is 20.9 Å². The first-order valence-corrected chi connectivity index (χ1v) is 7.25. The van der Waals surface area contributed by atoms with Gasteiger partial charge in [-0.2, -0.15) is 0 Å². The van der Waals surface area contributed by atoms with Crippen molar-refractivity contribution < 1.29 is 9.53 Å². The van der Waals surface area contributed by atoms with Crippen molar-refractivity contribution >= 4 is 33.0 Å². The van der Waals surface area contributed by atoms with Crippen LogP contribution in [-0.2, 0) is 0 Å². The number of thiophene rings is 1. The Labute approximate surface area is 118 Å². The van der Waals surface area contributed by atoms with E-state index in [-0.39, 0.29) is 5.78 Å². The minimum atomic E-state index is -0.0358. The zero-order valence-corrected chi connectivity index (χ0v) is 12.3. The summed E-state index contributed by atoms with van der Waals surface area (Å²) in [7, 11) is 0. The summed E-state index contributed by atoms with van der Waals surface area (Å²) in [5.41, 5.74) is 0.548. The number of rotatable bonds is 5. The van der Waals surface area contributed by atoms with Crippen LogP contribution in [0.1, 0.15) is 28.6 Å². The molecule has 2 rings (SSSR count). The molecule has 0 atom stereocenters. The highest BCUT2D eigenvalue weighted by atomic mass is 79.9. The molecule has 2 heterocycles. The number of ether oxygens (including phenoxy) is 1. The predicted octanol–water partition coefficient (Wildman–Crippen LogP) is 3.93. The summed E-state index contributed by atoms with van der Waals surface area (Å²) < 4.78 is 6.29. The zero-order chi connectivity index (χ0) is 13.0. The molecule has 3 nitrogen and oxygen atoms in total. The van der Waals surface area contributed by atoms with Gasteiger partial charge in [-0.05, 0) is 39.9 Å². The van der Waals surface area contributed by atoms with E-state index in [1.807, 2.05) is 18.4 Å². The van der Waals surface area contributed by atoms with Crippen LogP contribution >= 0.6 is 27.3 Å². The number of aromatic nitrogens is 1. The third-order valence-electron chi connectivity index (χ3n) is 2.27. The van der Waals surface area contributed by atoms with Gasteiger partial charge >= 0.3 is 0 Å². The van der Waals surface area contributed by atoms with Gasteiger partial charge in [0.2, 0.25) is 5.78 Å². The van der Waals surface area contributed by atoms with Crippen LogP contribution in [0.5, 0.6) is 5.75 Å². The van der Waals surface area contributed by atoms with Crippen LogP contribution in [0.15, 0.2) is 34.4 Å². The molecule has 18 heavy (non-hydrogen) atoms. The van der Waals surface area contributed by atoms with E-state index in [0.717, 1.165) is 10.9 Å². The van der Waals surface area contributed by atoms with Crippen molar-refractivity contribution in [2.24, 2.45) is 0 Å². The second-order valence-electron chi connectivity index (χ2n) is 3.68. The van der Waals surface area contributed by atoms with Crippen molar-refractivity contribution in [3.05, 3.63) is 44.8 Å². The number of halogens is 1. The first-order chi connectivity index (χ1) is 8.72. The van der Waals surface area contributed by atoms with Crippen molar-refractivity contribution in [2.75, 3.05) is 6.61 Å². The van der Waals surface area contributed by atoms with Crippen LogP contribution in [0, 0.1) is 0 Å². The highest BCUT2D eigenvalue weighted by Crippen LogP contribution is 2.26. The van der Waals surface area contributed by atoms with Crippen LogP contribution in [-0.4, -0.2) is 17.4 Å². The number of ketones is 1. The fraction of sp³-hybridized carbons (Fsp3) is 0.231. The van der Waals surface area contributed by atoms with Crippen LogP contribution in [0.2, 0.25) is 0 Å². The summed E-state index contributed by atoms with van der Waals surface area (Å²) >= 11 is 4.77. The lowest BCUT2D eigenvalue weighted by Crippen LogP contribution is -2.02. The normalized spacial score (nSPS) is 10.3. The number of pyridine rings is 1. The molecule has 5 heteroatoms. The predicted molar refractivity (Wildman–Crippen MR) is 75.5 cm³/mol. The molecule has 0 aliphatic carbocycles. The van der Waals surface area contributed by atoms with E-state index in [1.54, 1.807) is 18.5 Å². The van der Waals surface area contributed by atoms with Gasteiger partial charge in [-0.15, -0.1) is 11.3 Å². The molecule has 0 fully saturated rings. The Morgan fingerprint density at radius 1 is 1.50 bits per heavy atom.